The van der Waals surface area contributed by atoms with Crippen molar-refractivity contribution in [3.05, 3.63) is 48.2 Å². The van der Waals surface area contributed by atoms with Crippen molar-refractivity contribution in [3.8, 4) is 11.5 Å². The highest BCUT2D eigenvalue weighted by atomic mass is 32.1. The standard InChI is InChI=1S/C25H29N3O4S/c1-5-27(6-2)14-15-28(25-26-22-18(31-7-3)11-9-13-21(22)33-25)24(29)20-16-17-10-8-12-19(30-4)23(17)32-20/h8-13,16H,5-7,14-15H2,1-4H3. The molecule has 0 N–H and O–H groups in total. The van der Waals surface area contributed by atoms with Crippen LogP contribution in [0.2, 0.25) is 0 Å². The van der Waals surface area contributed by atoms with E-state index in [0.29, 0.717) is 29.6 Å². The molecule has 4 rings (SSSR count). The lowest BCUT2D eigenvalue weighted by Gasteiger charge is -2.24. The molecule has 0 unspecified atom stereocenters. The fourth-order valence-corrected chi connectivity index (χ4v) is 4.81. The molecule has 174 valence electrons. The van der Waals surface area contributed by atoms with Gasteiger partial charge in [0.25, 0.3) is 5.91 Å². The van der Waals surface area contributed by atoms with Crippen LogP contribution in [0.25, 0.3) is 21.2 Å². The van der Waals surface area contributed by atoms with E-state index in [9.17, 15) is 4.79 Å². The summed E-state index contributed by atoms with van der Waals surface area (Å²) >= 11 is 1.48. The number of likely N-dealkylation sites (N-methyl/N-ethyl adjacent to an activating group) is 1. The zero-order valence-corrected chi connectivity index (χ0v) is 20.3. The van der Waals surface area contributed by atoms with E-state index in [1.807, 2.05) is 43.3 Å². The number of hydrogen-bond donors (Lipinski definition) is 0. The lowest BCUT2D eigenvalue weighted by atomic mass is 10.2. The maximum absolute atomic E-state index is 13.7. The number of carbonyl (C=O) groups excluding carboxylic acids is 1. The van der Waals surface area contributed by atoms with Crippen LogP contribution in [0, 0.1) is 0 Å². The van der Waals surface area contributed by atoms with Crippen LogP contribution < -0.4 is 14.4 Å². The number of fused-ring (bicyclic) bond motifs is 2. The largest absolute Gasteiger partial charge is 0.493 e. The van der Waals surface area contributed by atoms with Crippen LogP contribution in [-0.4, -0.2) is 55.7 Å². The van der Waals surface area contributed by atoms with E-state index in [1.165, 1.54) is 11.3 Å². The van der Waals surface area contributed by atoms with Gasteiger partial charge in [-0.2, -0.15) is 0 Å². The van der Waals surface area contributed by atoms with Crippen LogP contribution in [0.15, 0.2) is 46.9 Å². The number of anilines is 1. The Morgan fingerprint density at radius 1 is 1.06 bits per heavy atom. The monoisotopic (exact) mass is 467 g/mol. The molecule has 2 heterocycles. The molecular formula is C25H29N3O4S. The predicted octanol–water partition coefficient (Wildman–Crippen LogP) is 5.44. The molecule has 0 aliphatic heterocycles. The minimum atomic E-state index is -0.225. The molecule has 8 heteroatoms. The average molecular weight is 468 g/mol. The van der Waals surface area contributed by atoms with E-state index in [-0.39, 0.29) is 11.7 Å². The van der Waals surface area contributed by atoms with Gasteiger partial charge in [-0.25, -0.2) is 4.98 Å². The van der Waals surface area contributed by atoms with Crippen molar-refractivity contribution in [2.45, 2.75) is 20.8 Å². The average Bonchev–Trinajstić information content (AvgIpc) is 3.46. The molecule has 0 radical (unpaired) electrons. The molecule has 2 aromatic heterocycles. The molecule has 2 aromatic carbocycles. The smallest absolute Gasteiger partial charge is 0.295 e. The summed E-state index contributed by atoms with van der Waals surface area (Å²) in [6, 6.07) is 13.2. The first-order valence-corrected chi connectivity index (χ1v) is 12.0. The van der Waals surface area contributed by atoms with Crippen molar-refractivity contribution in [1.82, 2.24) is 9.88 Å². The SMILES string of the molecule is CCOc1cccc2sc(N(CCN(CC)CC)C(=O)c3cc4cccc(OC)c4o3)nc12. The highest BCUT2D eigenvalue weighted by Crippen LogP contribution is 2.36. The second-order valence-electron chi connectivity index (χ2n) is 7.51. The summed E-state index contributed by atoms with van der Waals surface area (Å²) in [4.78, 5) is 22.5. The Bertz CT molecular complexity index is 1250. The summed E-state index contributed by atoms with van der Waals surface area (Å²) in [5.74, 6) is 1.36. The number of para-hydroxylation sites is 2. The number of amides is 1. The van der Waals surface area contributed by atoms with Crippen molar-refractivity contribution in [3.63, 3.8) is 0 Å². The summed E-state index contributed by atoms with van der Waals surface area (Å²) in [5, 5.41) is 1.45. The molecule has 1 amide bonds. The summed E-state index contributed by atoms with van der Waals surface area (Å²) in [6.45, 7) is 9.79. The van der Waals surface area contributed by atoms with Gasteiger partial charge in [0, 0.05) is 18.5 Å². The van der Waals surface area contributed by atoms with Gasteiger partial charge in [-0.05, 0) is 44.3 Å². The number of rotatable bonds is 10. The summed E-state index contributed by atoms with van der Waals surface area (Å²) in [6.07, 6.45) is 0. The van der Waals surface area contributed by atoms with Crippen molar-refractivity contribution in [2.24, 2.45) is 0 Å². The molecule has 0 saturated heterocycles. The normalized spacial score (nSPS) is 11.4. The molecule has 0 atom stereocenters. The summed E-state index contributed by atoms with van der Waals surface area (Å²) in [7, 11) is 1.59. The van der Waals surface area contributed by atoms with Crippen LogP contribution in [0.4, 0.5) is 5.13 Å². The Balaban J connectivity index is 1.74. The van der Waals surface area contributed by atoms with Crippen molar-refractivity contribution < 1.29 is 18.7 Å². The summed E-state index contributed by atoms with van der Waals surface area (Å²) in [5.41, 5.74) is 1.33. The number of methoxy groups -OCH3 is 1. The minimum Gasteiger partial charge on any atom is -0.493 e. The maximum atomic E-state index is 13.7. The van der Waals surface area contributed by atoms with Crippen LogP contribution in [0.1, 0.15) is 31.3 Å². The highest BCUT2D eigenvalue weighted by molar-refractivity contribution is 7.22. The quantitative estimate of drug-likeness (QED) is 0.309. The number of ether oxygens (including phenoxy) is 2. The van der Waals surface area contributed by atoms with Crippen LogP contribution in [0.3, 0.4) is 0 Å². The topological polar surface area (TPSA) is 68.0 Å². The fraction of sp³-hybridized carbons (Fsp3) is 0.360. The molecule has 0 spiro atoms. The molecule has 0 aliphatic rings. The van der Waals surface area contributed by atoms with E-state index in [4.69, 9.17) is 18.9 Å². The van der Waals surface area contributed by atoms with Gasteiger partial charge in [0.05, 0.1) is 18.4 Å². The number of thiazole rings is 1. The van der Waals surface area contributed by atoms with Gasteiger partial charge in [0.1, 0.15) is 11.3 Å². The first kappa shape index (κ1) is 23.1. The second-order valence-corrected chi connectivity index (χ2v) is 8.51. The van der Waals surface area contributed by atoms with Gasteiger partial charge in [0.2, 0.25) is 0 Å². The predicted molar refractivity (Wildman–Crippen MR) is 133 cm³/mol. The third-order valence-corrected chi connectivity index (χ3v) is 6.66. The molecule has 33 heavy (non-hydrogen) atoms. The molecule has 0 aliphatic carbocycles. The lowest BCUT2D eigenvalue weighted by molar-refractivity contribution is 0.0959. The van der Waals surface area contributed by atoms with E-state index in [2.05, 4.69) is 18.7 Å². The molecule has 4 aromatic rings. The second kappa shape index (κ2) is 10.2. The minimum absolute atomic E-state index is 0.225. The maximum Gasteiger partial charge on any atom is 0.295 e. The lowest BCUT2D eigenvalue weighted by Crippen LogP contribution is -2.38. The number of carbonyl (C=O) groups is 1. The van der Waals surface area contributed by atoms with Gasteiger partial charge in [-0.1, -0.05) is 43.4 Å². The number of furan rings is 1. The van der Waals surface area contributed by atoms with Crippen LogP contribution >= 0.6 is 11.3 Å². The van der Waals surface area contributed by atoms with Crippen LogP contribution in [0.5, 0.6) is 11.5 Å². The van der Waals surface area contributed by atoms with Crippen molar-refractivity contribution in [2.75, 3.05) is 44.8 Å². The van der Waals surface area contributed by atoms with Gasteiger partial charge in [-0.15, -0.1) is 0 Å². The van der Waals surface area contributed by atoms with E-state index < -0.39 is 0 Å². The Hall–Kier alpha value is -3.10. The van der Waals surface area contributed by atoms with Crippen molar-refractivity contribution >= 4 is 43.6 Å². The van der Waals surface area contributed by atoms with Gasteiger partial charge in [-0.3, -0.25) is 9.69 Å². The number of nitrogens with zero attached hydrogens (tertiary/aromatic N) is 3. The number of benzene rings is 2. The Morgan fingerprint density at radius 3 is 2.55 bits per heavy atom. The first-order valence-electron chi connectivity index (χ1n) is 11.2. The van der Waals surface area contributed by atoms with Gasteiger partial charge in [0.15, 0.2) is 22.2 Å². The molecule has 7 nitrogen and oxygen atoms in total. The Kier molecular flexibility index (Phi) is 7.15. The highest BCUT2D eigenvalue weighted by Gasteiger charge is 2.26. The van der Waals surface area contributed by atoms with Gasteiger partial charge >= 0.3 is 0 Å². The first-order chi connectivity index (χ1) is 16.1. The van der Waals surface area contributed by atoms with Gasteiger partial charge < -0.3 is 18.8 Å². The fourth-order valence-electron chi connectivity index (χ4n) is 3.80. The molecule has 0 saturated carbocycles. The molecule has 0 fully saturated rings. The third kappa shape index (κ3) is 4.67. The third-order valence-electron chi connectivity index (χ3n) is 5.62. The molecule has 0 bridgehead atoms. The Morgan fingerprint density at radius 2 is 1.82 bits per heavy atom. The zero-order valence-electron chi connectivity index (χ0n) is 19.5. The number of aromatic nitrogens is 1. The summed E-state index contributed by atoms with van der Waals surface area (Å²) < 4.78 is 18.1. The van der Waals surface area contributed by atoms with E-state index >= 15 is 0 Å². The van der Waals surface area contributed by atoms with E-state index in [1.54, 1.807) is 18.1 Å². The molecular weight excluding hydrogens is 438 g/mol. The van der Waals surface area contributed by atoms with Crippen molar-refractivity contribution in [1.29, 1.82) is 0 Å². The van der Waals surface area contributed by atoms with E-state index in [0.717, 1.165) is 41.0 Å². The van der Waals surface area contributed by atoms with Crippen LogP contribution in [-0.2, 0) is 0 Å². The number of hydrogen-bond acceptors (Lipinski definition) is 7. The Labute approximate surface area is 197 Å². The zero-order chi connectivity index (χ0) is 23.4.